The number of nitrogens with zero attached hydrogens (tertiary/aromatic N) is 3. The minimum atomic E-state index is 0.307. The van der Waals surface area contributed by atoms with Crippen LogP contribution in [0.3, 0.4) is 0 Å². The fraction of sp³-hybridized carbons (Fsp3) is 0.538. The number of thiophene rings is 1. The van der Waals surface area contributed by atoms with Crippen molar-refractivity contribution in [1.29, 1.82) is 0 Å². The predicted octanol–water partition coefficient (Wildman–Crippen LogP) is 3.41. The minimum Gasteiger partial charge on any atom is -0.309 e. The van der Waals surface area contributed by atoms with E-state index in [4.69, 9.17) is 0 Å². The van der Waals surface area contributed by atoms with Crippen LogP contribution in [0, 0.1) is 0 Å². The molecule has 0 fully saturated rings. The Morgan fingerprint density at radius 2 is 2.26 bits per heavy atom. The molecule has 2 heterocycles. The summed E-state index contributed by atoms with van der Waals surface area (Å²) in [5.74, 6) is 1.05. The number of hydrogen-bond donors (Lipinski definition) is 1. The summed E-state index contributed by atoms with van der Waals surface area (Å²) in [4.78, 5) is 5.73. The van der Waals surface area contributed by atoms with Crippen LogP contribution in [0.25, 0.3) is 0 Å². The van der Waals surface area contributed by atoms with Crippen molar-refractivity contribution < 1.29 is 0 Å². The lowest BCUT2D eigenvalue weighted by atomic mass is 10.1. The average molecular weight is 343 g/mol. The van der Waals surface area contributed by atoms with E-state index in [0.29, 0.717) is 6.04 Å². The molecule has 1 atom stereocenters. The van der Waals surface area contributed by atoms with Crippen molar-refractivity contribution in [3.05, 3.63) is 32.9 Å². The summed E-state index contributed by atoms with van der Waals surface area (Å²) < 4.78 is 3.17. The van der Waals surface area contributed by atoms with Crippen LogP contribution in [0.4, 0.5) is 0 Å². The molecule has 0 amide bonds. The van der Waals surface area contributed by atoms with E-state index in [0.717, 1.165) is 31.8 Å². The van der Waals surface area contributed by atoms with Crippen molar-refractivity contribution in [2.24, 2.45) is 0 Å². The lowest BCUT2D eigenvalue weighted by molar-refractivity contribution is 0.503. The first-order valence-corrected chi connectivity index (χ1v) is 8.20. The van der Waals surface area contributed by atoms with Gasteiger partial charge in [-0.2, -0.15) is 5.10 Å². The zero-order valence-corrected chi connectivity index (χ0v) is 13.7. The normalized spacial score (nSPS) is 12.8. The minimum absolute atomic E-state index is 0.307. The Labute approximate surface area is 126 Å². The van der Waals surface area contributed by atoms with Crippen LogP contribution in [0.1, 0.15) is 37.0 Å². The van der Waals surface area contributed by atoms with Crippen molar-refractivity contribution in [2.45, 2.75) is 39.3 Å². The van der Waals surface area contributed by atoms with Gasteiger partial charge in [0.2, 0.25) is 0 Å². The van der Waals surface area contributed by atoms with Crippen molar-refractivity contribution in [3.63, 3.8) is 0 Å². The maximum absolute atomic E-state index is 4.39. The monoisotopic (exact) mass is 342 g/mol. The van der Waals surface area contributed by atoms with E-state index in [1.807, 2.05) is 4.68 Å². The molecule has 2 aromatic rings. The summed E-state index contributed by atoms with van der Waals surface area (Å²) in [6, 6.07) is 4.57. The third-order valence-electron chi connectivity index (χ3n) is 2.91. The van der Waals surface area contributed by atoms with Crippen molar-refractivity contribution in [3.8, 4) is 0 Å². The van der Waals surface area contributed by atoms with Gasteiger partial charge in [0.1, 0.15) is 12.2 Å². The maximum atomic E-state index is 4.39. The van der Waals surface area contributed by atoms with Crippen molar-refractivity contribution in [1.82, 2.24) is 20.1 Å². The second-order valence-electron chi connectivity index (χ2n) is 4.36. The summed E-state index contributed by atoms with van der Waals surface area (Å²) in [6.07, 6.45) is 3.60. The zero-order chi connectivity index (χ0) is 13.7. The van der Waals surface area contributed by atoms with E-state index >= 15 is 0 Å². The van der Waals surface area contributed by atoms with Gasteiger partial charge in [0.25, 0.3) is 0 Å². The van der Waals surface area contributed by atoms with Crippen LogP contribution in [-0.4, -0.2) is 21.3 Å². The number of nitrogens with one attached hydrogen (secondary N) is 1. The predicted molar refractivity (Wildman–Crippen MR) is 82.5 cm³/mol. The van der Waals surface area contributed by atoms with Crippen molar-refractivity contribution in [2.75, 3.05) is 6.54 Å². The van der Waals surface area contributed by atoms with Gasteiger partial charge in [-0.1, -0.05) is 13.8 Å². The quantitative estimate of drug-likeness (QED) is 0.838. The SMILES string of the molecule is CCCn1ncnc1CC(NCC)c1ccc(Br)s1. The molecule has 0 aliphatic carbocycles. The Morgan fingerprint density at radius 1 is 1.42 bits per heavy atom. The molecule has 2 aromatic heterocycles. The van der Waals surface area contributed by atoms with Gasteiger partial charge in [-0.05, 0) is 41.0 Å². The van der Waals surface area contributed by atoms with Crippen LogP contribution >= 0.6 is 27.3 Å². The Hall–Kier alpha value is -0.720. The fourth-order valence-corrected chi connectivity index (χ4v) is 3.56. The lowest BCUT2D eigenvalue weighted by Gasteiger charge is -2.16. The lowest BCUT2D eigenvalue weighted by Crippen LogP contribution is -2.23. The van der Waals surface area contributed by atoms with Gasteiger partial charge in [0, 0.05) is 23.9 Å². The summed E-state index contributed by atoms with van der Waals surface area (Å²) in [5, 5.41) is 7.82. The molecule has 1 unspecified atom stereocenters. The average Bonchev–Trinajstić information content (AvgIpc) is 2.99. The molecule has 2 rings (SSSR count). The Balaban J connectivity index is 2.14. The maximum Gasteiger partial charge on any atom is 0.138 e. The molecule has 4 nitrogen and oxygen atoms in total. The van der Waals surface area contributed by atoms with Crippen LogP contribution in [0.2, 0.25) is 0 Å². The van der Waals surface area contributed by atoms with E-state index in [-0.39, 0.29) is 0 Å². The fourth-order valence-electron chi connectivity index (χ4n) is 2.06. The van der Waals surface area contributed by atoms with Gasteiger partial charge in [0.15, 0.2) is 0 Å². The molecule has 104 valence electrons. The molecule has 0 saturated heterocycles. The van der Waals surface area contributed by atoms with Crippen LogP contribution in [-0.2, 0) is 13.0 Å². The Morgan fingerprint density at radius 3 is 2.89 bits per heavy atom. The topological polar surface area (TPSA) is 42.7 Å². The van der Waals surface area contributed by atoms with Gasteiger partial charge in [0.05, 0.1) is 3.79 Å². The molecule has 0 bridgehead atoms. The number of likely N-dealkylation sites (N-methyl/N-ethyl adjacent to an activating group) is 1. The van der Waals surface area contributed by atoms with Gasteiger partial charge in [-0.15, -0.1) is 11.3 Å². The molecular weight excluding hydrogens is 324 g/mol. The molecule has 6 heteroatoms. The van der Waals surface area contributed by atoms with Crippen LogP contribution in [0.5, 0.6) is 0 Å². The summed E-state index contributed by atoms with van der Waals surface area (Å²) in [6.45, 7) is 6.17. The number of halogens is 1. The van der Waals surface area contributed by atoms with Crippen LogP contribution in [0.15, 0.2) is 22.2 Å². The van der Waals surface area contributed by atoms with E-state index in [1.165, 1.54) is 8.66 Å². The van der Waals surface area contributed by atoms with Gasteiger partial charge < -0.3 is 5.32 Å². The third kappa shape index (κ3) is 3.87. The first kappa shape index (κ1) is 14.7. The second kappa shape index (κ2) is 7.17. The van der Waals surface area contributed by atoms with E-state index in [1.54, 1.807) is 17.7 Å². The number of hydrogen-bond acceptors (Lipinski definition) is 4. The van der Waals surface area contributed by atoms with Gasteiger partial charge in [-0.25, -0.2) is 4.98 Å². The first-order chi connectivity index (χ1) is 9.24. The largest absolute Gasteiger partial charge is 0.309 e. The van der Waals surface area contributed by atoms with E-state index in [2.05, 4.69) is 57.3 Å². The number of aromatic nitrogens is 3. The summed E-state index contributed by atoms with van der Waals surface area (Å²) in [7, 11) is 0. The third-order valence-corrected chi connectivity index (χ3v) is 4.64. The molecule has 0 aromatic carbocycles. The summed E-state index contributed by atoms with van der Waals surface area (Å²) in [5.41, 5.74) is 0. The summed E-state index contributed by atoms with van der Waals surface area (Å²) >= 11 is 5.30. The van der Waals surface area contributed by atoms with E-state index in [9.17, 15) is 0 Å². The Kier molecular flexibility index (Phi) is 5.54. The first-order valence-electron chi connectivity index (χ1n) is 6.59. The van der Waals surface area contributed by atoms with Crippen molar-refractivity contribution >= 4 is 27.3 Å². The Bertz CT molecular complexity index is 508. The molecule has 0 aliphatic rings. The van der Waals surface area contributed by atoms with Crippen LogP contribution < -0.4 is 5.32 Å². The van der Waals surface area contributed by atoms with Gasteiger partial charge in [-0.3, -0.25) is 4.68 Å². The highest BCUT2D eigenvalue weighted by Crippen LogP contribution is 2.29. The highest BCUT2D eigenvalue weighted by Gasteiger charge is 2.16. The highest BCUT2D eigenvalue weighted by molar-refractivity contribution is 9.11. The molecule has 1 N–H and O–H groups in total. The molecule has 0 aliphatic heterocycles. The number of rotatable bonds is 7. The smallest absolute Gasteiger partial charge is 0.138 e. The van der Waals surface area contributed by atoms with Gasteiger partial charge >= 0.3 is 0 Å². The number of aryl methyl sites for hydroxylation is 1. The molecule has 0 spiro atoms. The highest BCUT2D eigenvalue weighted by atomic mass is 79.9. The molecule has 0 radical (unpaired) electrons. The molecule has 0 saturated carbocycles. The zero-order valence-electron chi connectivity index (χ0n) is 11.3. The molecular formula is C13H19BrN4S. The molecule has 19 heavy (non-hydrogen) atoms. The van der Waals surface area contributed by atoms with E-state index < -0.39 is 0 Å². The standard InChI is InChI=1S/C13H19BrN4S/c1-3-7-18-13(16-9-17-18)8-10(15-4-2)11-5-6-12(14)19-11/h5-6,9-10,15H,3-4,7-8H2,1-2H3. The second-order valence-corrected chi connectivity index (χ2v) is 6.85.